The molecule has 2 aromatic heterocycles. The minimum atomic E-state index is -0.959. The molecular weight excluding hydrogens is 226 g/mol. The number of carboxylic acid groups (broad SMARTS) is 1. The predicted molar refractivity (Wildman–Crippen MR) is 58.6 cm³/mol. The molecule has 2 N–H and O–H groups in total. The molecule has 82 valence electrons. The van der Waals surface area contributed by atoms with E-state index in [2.05, 4.69) is 15.0 Å². The van der Waals surface area contributed by atoms with E-state index < -0.39 is 5.97 Å². The minimum absolute atomic E-state index is 0.226. The summed E-state index contributed by atoms with van der Waals surface area (Å²) in [4.78, 5) is 22.0. The van der Waals surface area contributed by atoms with Crippen LogP contribution in [0.4, 0.5) is 0 Å². The summed E-state index contributed by atoms with van der Waals surface area (Å²) >= 11 is 1.36. The highest BCUT2D eigenvalue weighted by atomic mass is 32.2. The van der Waals surface area contributed by atoms with E-state index in [0.29, 0.717) is 5.69 Å². The lowest BCUT2D eigenvalue weighted by molar-refractivity contribution is 0.0695. The Hall–Kier alpha value is -1.82. The number of H-pyrrole nitrogens is 1. The highest BCUT2D eigenvalue weighted by molar-refractivity contribution is 7.99. The molecule has 0 amide bonds. The average molecular weight is 235 g/mol. The topological polar surface area (TPSA) is 78.9 Å². The number of nitrogens with zero attached hydrogens (tertiary/aromatic N) is 2. The van der Waals surface area contributed by atoms with Gasteiger partial charge in [-0.2, -0.15) is 0 Å². The molecule has 0 spiro atoms. The van der Waals surface area contributed by atoms with E-state index in [1.807, 2.05) is 0 Å². The molecule has 2 heterocycles. The van der Waals surface area contributed by atoms with Gasteiger partial charge in [0, 0.05) is 12.4 Å². The second-order valence-electron chi connectivity index (χ2n) is 3.08. The maximum absolute atomic E-state index is 10.8. The Kier molecular flexibility index (Phi) is 2.91. The van der Waals surface area contributed by atoms with Crippen LogP contribution in [0.3, 0.4) is 0 Å². The molecular formula is C10H9N3O2S. The molecule has 0 atom stereocenters. The van der Waals surface area contributed by atoms with Crippen molar-refractivity contribution in [2.75, 3.05) is 0 Å². The van der Waals surface area contributed by atoms with E-state index in [9.17, 15) is 4.79 Å². The monoisotopic (exact) mass is 235 g/mol. The molecule has 5 nitrogen and oxygen atoms in total. The first-order chi connectivity index (χ1) is 7.66. The Morgan fingerprint density at radius 3 is 2.88 bits per heavy atom. The van der Waals surface area contributed by atoms with Crippen LogP contribution in [-0.2, 0) is 0 Å². The first kappa shape index (κ1) is 10.7. The Balaban J connectivity index is 2.24. The Morgan fingerprint density at radius 2 is 2.31 bits per heavy atom. The summed E-state index contributed by atoms with van der Waals surface area (Å²) < 4.78 is 0. The molecule has 2 rings (SSSR count). The fourth-order valence-corrected chi connectivity index (χ4v) is 1.98. The molecule has 0 aliphatic carbocycles. The highest BCUT2D eigenvalue weighted by Gasteiger charge is 2.09. The maximum atomic E-state index is 10.8. The second kappa shape index (κ2) is 4.36. The van der Waals surface area contributed by atoms with Crippen molar-refractivity contribution in [3.63, 3.8) is 0 Å². The fraction of sp³-hybridized carbons (Fsp3) is 0.100. The van der Waals surface area contributed by atoms with Crippen molar-refractivity contribution in [1.82, 2.24) is 15.0 Å². The van der Waals surface area contributed by atoms with Gasteiger partial charge in [0.15, 0.2) is 5.16 Å². The van der Waals surface area contributed by atoms with Crippen LogP contribution >= 0.6 is 11.8 Å². The molecule has 0 fully saturated rings. The summed E-state index contributed by atoms with van der Waals surface area (Å²) in [7, 11) is 0. The lowest BCUT2D eigenvalue weighted by atomic mass is 10.2. The van der Waals surface area contributed by atoms with E-state index in [1.165, 1.54) is 11.8 Å². The second-order valence-corrected chi connectivity index (χ2v) is 4.09. The van der Waals surface area contributed by atoms with Gasteiger partial charge in [0.05, 0.1) is 11.3 Å². The Labute approximate surface area is 95.9 Å². The zero-order chi connectivity index (χ0) is 11.5. The molecule has 6 heteroatoms. The molecule has 0 unspecified atom stereocenters. The predicted octanol–water partition coefficient (Wildman–Crippen LogP) is 1.96. The number of nitrogens with one attached hydrogen (secondary N) is 1. The van der Waals surface area contributed by atoms with Crippen LogP contribution in [0.2, 0.25) is 0 Å². The molecule has 0 aliphatic rings. The third-order valence-electron chi connectivity index (χ3n) is 1.97. The zero-order valence-electron chi connectivity index (χ0n) is 8.47. The van der Waals surface area contributed by atoms with Gasteiger partial charge < -0.3 is 10.1 Å². The number of hydrogen-bond donors (Lipinski definition) is 2. The number of hydrogen-bond acceptors (Lipinski definition) is 4. The molecule has 0 aliphatic heterocycles. The van der Waals surface area contributed by atoms with E-state index in [1.54, 1.807) is 31.5 Å². The van der Waals surface area contributed by atoms with Crippen molar-refractivity contribution in [3.8, 4) is 0 Å². The first-order valence-corrected chi connectivity index (χ1v) is 5.36. The minimum Gasteiger partial charge on any atom is -0.478 e. The molecule has 0 bridgehead atoms. The summed E-state index contributed by atoms with van der Waals surface area (Å²) in [5, 5.41) is 10.3. The summed E-state index contributed by atoms with van der Waals surface area (Å²) in [6, 6.07) is 3.22. The molecule has 16 heavy (non-hydrogen) atoms. The number of carboxylic acids is 1. The number of imidazole rings is 1. The standard InChI is InChI=1S/C10H9N3O2S/c1-6-7(9(14)15)2-3-8(13-6)16-10-11-4-5-12-10/h2-5H,1H3,(H,11,12)(H,14,15). The molecule has 0 radical (unpaired) electrons. The lowest BCUT2D eigenvalue weighted by Gasteiger charge is -2.02. The van der Waals surface area contributed by atoms with Crippen molar-refractivity contribution in [2.24, 2.45) is 0 Å². The van der Waals surface area contributed by atoms with Gasteiger partial charge in [-0.05, 0) is 30.8 Å². The van der Waals surface area contributed by atoms with E-state index in [0.717, 1.165) is 10.2 Å². The van der Waals surface area contributed by atoms with Gasteiger partial charge in [0.25, 0.3) is 0 Å². The van der Waals surface area contributed by atoms with Crippen molar-refractivity contribution < 1.29 is 9.90 Å². The van der Waals surface area contributed by atoms with Crippen LogP contribution < -0.4 is 0 Å². The summed E-state index contributed by atoms with van der Waals surface area (Å²) in [6.45, 7) is 1.68. The number of aryl methyl sites for hydroxylation is 1. The quantitative estimate of drug-likeness (QED) is 0.850. The lowest BCUT2D eigenvalue weighted by Crippen LogP contribution is -2.01. The van der Waals surface area contributed by atoms with Crippen molar-refractivity contribution in [3.05, 3.63) is 35.8 Å². The summed E-state index contributed by atoms with van der Waals surface area (Å²) in [6.07, 6.45) is 3.38. The largest absolute Gasteiger partial charge is 0.478 e. The van der Waals surface area contributed by atoms with Gasteiger partial charge >= 0.3 is 5.97 Å². The number of pyridine rings is 1. The zero-order valence-corrected chi connectivity index (χ0v) is 9.28. The normalized spacial score (nSPS) is 10.3. The fourth-order valence-electron chi connectivity index (χ4n) is 1.23. The number of aromatic nitrogens is 3. The van der Waals surface area contributed by atoms with Gasteiger partial charge in [0.2, 0.25) is 0 Å². The van der Waals surface area contributed by atoms with Crippen LogP contribution in [0.15, 0.2) is 34.7 Å². The molecule has 0 saturated carbocycles. The Bertz CT molecular complexity index is 511. The number of aromatic carboxylic acids is 1. The van der Waals surface area contributed by atoms with Crippen LogP contribution in [0.1, 0.15) is 16.1 Å². The number of aromatic amines is 1. The van der Waals surface area contributed by atoms with Crippen LogP contribution in [-0.4, -0.2) is 26.0 Å². The highest BCUT2D eigenvalue weighted by Crippen LogP contribution is 2.23. The Morgan fingerprint density at radius 1 is 1.50 bits per heavy atom. The van der Waals surface area contributed by atoms with Gasteiger partial charge in [-0.1, -0.05) is 0 Å². The van der Waals surface area contributed by atoms with Gasteiger partial charge in [-0.15, -0.1) is 0 Å². The van der Waals surface area contributed by atoms with Crippen LogP contribution in [0, 0.1) is 6.92 Å². The smallest absolute Gasteiger partial charge is 0.337 e. The van der Waals surface area contributed by atoms with Crippen molar-refractivity contribution in [2.45, 2.75) is 17.1 Å². The van der Waals surface area contributed by atoms with Crippen LogP contribution in [0.5, 0.6) is 0 Å². The molecule has 0 saturated heterocycles. The summed E-state index contributed by atoms with van der Waals surface area (Å²) in [5.74, 6) is -0.959. The maximum Gasteiger partial charge on any atom is 0.337 e. The SMILES string of the molecule is Cc1nc(Sc2ncc[nH]2)ccc1C(=O)O. The summed E-state index contributed by atoms with van der Waals surface area (Å²) in [5.41, 5.74) is 0.729. The van der Waals surface area contributed by atoms with Crippen molar-refractivity contribution in [1.29, 1.82) is 0 Å². The third-order valence-corrected chi connectivity index (χ3v) is 2.82. The average Bonchev–Trinajstić information content (AvgIpc) is 2.70. The van der Waals surface area contributed by atoms with Gasteiger partial charge in [0.1, 0.15) is 5.03 Å². The molecule has 2 aromatic rings. The number of carbonyl (C=O) groups is 1. The third kappa shape index (κ3) is 2.22. The van der Waals surface area contributed by atoms with E-state index in [-0.39, 0.29) is 5.56 Å². The molecule has 0 aromatic carbocycles. The van der Waals surface area contributed by atoms with Crippen molar-refractivity contribution >= 4 is 17.7 Å². The van der Waals surface area contributed by atoms with Gasteiger partial charge in [-0.25, -0.2) is 14.8 Å². The van der Waals surface area contributed by atoms with Gasteiger partial charge in [-0.3, -0.25) is 0 Å². The number of rotatable bonds is 3. The first-order valence-electron chi connectivity index (χ1n) is 4.55. The van der Waals surface area contributed by atoms with E-state index >= 15 is 0 Å². The van der Waals surface area contributed by atoms with Crippen LogP contribution in [0.25, 0.3) is 0 Å². The van der Waals surface area contributed by atoms with E-state index in [4.69, 9.17) is 5.11 Å².